The maximum Gasteiger partial charge on any atom is 0.111 e. The Bertz CT molecular complexity index is 555. The lowest BCUT2D eigenvalue weighted by molar-refractivity contribution is -0.0656. The lowest BCUT2D eigenvalue weighted by Crippen LogP contribution is -2.56. The molecule has 112 valence electrons. The summed E-state index contributed by atoms with van der Waals surface area (Å²) < 4.78 is 0. The van der Waals surface area contributed by atoms with E-state index in [1.807, 2.05) is 18.2 Å². The van der Waals surface area contributed by atoms with Gasteiger partial charge in [0.25, 0.3) is 0 Å². The third kappa shape index (κ3) is 2.18. The monoisotopic (exact) mass is 284 g/mol. The summed E-state index contributed by atoms with van der Waals surface area (Å²) in [6.07, 6.45) is 4.21. The SMILES string of the molecule is CCCN1CCC(O)(C2(C#N)CCc3ccccc32)CC1. The molecule has 0 bridgehead atoms. The summed E-state index contributed by atoms with van der Waals surface area (Å²) in [7, 11) is 0. The number of nitriles is 1. The number of likely N-dealkylation sites (tertiary alicyclic amines) is 1. The van der Waals surface area contributed by atoms with Gasteiger partial charge in [-0.3, -0.25) is 0 Å². The van der Waals surface area contributed by atoms with Gasteiger partial charge in [0, 0.05) is 13.1 Å². The van der Waals surface area contributed by atoms with Crippen LogP contribution in [0.5, 0.6) is 0 Å². The molecule has 21 heavy (non-hydrogen) atoms. The molecular weight excluding hydrogens is 260 g/mol. The second kappa shape index (κ2) is 5.44. The van der Waals surface area contributed by atoms with Crippen molar-refractivity contribution in [1.29, 1.82) is 5.26 Å². The zero-order valence-electron chi connectivity index (χ0n) is 12.8. The topological polar surface area (TPSA) is 47.3 Å². The molecule has 0 amide bonds. The second-order valence-electron chi connectivity index (χ2n) is 6.55. The van der Waals surface area contributed by atoms with Crippen LogP contribution in [0, 0.1) is 11.3 Å². The number of rotatable bonds is 3. The van der Waals surface area contributed by atoms with Crippen LogP contribution < -0.4 is 0 Å². The predicted octanol–water partition coefficient (Wildman–Crippen LogP) is 2.63. The quantitative estimate of drug-likeness (QED) is 0.928. The molecule has 3 rings (SSSR count). The minimum absolute atomic E-state index is 0.703. The van der Waals surface area contributed by atoms with Crippen molar-refractivity contribution < 1.29 is 5.11 Å². The molecular formula is C18H24N2O. The standard InChI is InChI=1S/C18H24N2O/c1-2-11-20-12-9-18(21,10-13-20)17(14-19)8-7-15-5-3-4-6-16(15)17/h3-6,21H,2,7-13H2,1H3. The Labute approximate surface area is 127 Å². The minimum atomic E-state index is -0.876. The molecule has 1 N–H and O–H groups in total. The first-order chi connectivity index (χ1) is 10.1. The van der Waals surface area contributed by atoms with Crippen LogP contribution in [0.25, 0.3) is 0 Å². The number of nitrogens with zero attached hydrogens (tertiary/aromatic N) is 2. The molecule has 1 saturated heterocycles. The van der Waals surface area contributed by atoms with Gasteiger partial charge in [-0.25, -0.2) is 0 Å². The Morgan fingerprint density at radius 3 is 2.62 bits per heavy atom. The van der Waals surface area contributed by atoms with Crippen LogP contribution in [0.3, 0.4) is 0 Å². The van der Waals surface area contributed by atoms with Gasteiger partial charge in [0.1, 0.15) is 5.41 Å². The van der Waals surface area contributed by atoms with Crippen LogP contribution in [0.2, 0.25) is 0 Å². The molecule has 1 unspecified atom stereocenters. The average molecular weight is 284 g/mol. The van der Waals surface area contributed by atoms with Gasteiger partial charge in [0.05, 0.1) is 11.7 Å². The third-order valence-electron chi connectivity index (χ3n) is 5.45. The fraction of sp³-hybridized carbons (Fsp3) is 0.611. The first kappa shape index (κ1) is 14.6. The highest BCUT2D eigenvalue weighted by molar-refractivity contribution is 5.47. The van der Waals surface area contributed by atoms with E-state index < -0.39 is 11.0 Å². The maximum atomic E-state index is 11.3. The molecule has 1 heterocycles. The first-order valence-electron chi connectivity index (χ1n) is 8.09. The van der Waals surface area contributed by atoms with Crippen molar-refractivity contribution in [3.63, 3.8) is 0 Å². The van der Waals surface area contributed by atoms with Crippen molar-refractivity contribution in [2.75, 3.05) is 19.6 Å². The minimum Gasteiger partial charge on any atom is -0.388 e. The summed E-state index contributed by atoms with van der Waals surface area (Å²) in [6.45, 7) is 5.07. The lowest BCUT2D eigenvalue weighted by atomic mass is 9.64. The number of hydrogen-bond acceptors (Lipinski definition) is 3. The van der Waals surface area contributed by atoms with Gasteiger partial charge >= 0.3 is 0 Å². The predicted molar refractivity (Wildman–Crippen MR) is 83.0 cm³/mol. The van der Waals surface area contributed by atoms with Crippen molar-refractivity contribution in [2.24, 2.45) is 0 Å². The fourth-order valence-electron chi connectivity index (χ4n) is 4.20. The second-order valence-corrected chi connectivity index (χ2v) is 6.55. The molecule has 2 aliphatic rings. The molecule has 0 saturated carbocycles. The largest absolute Gasteiger partial charge is 0.388 e. The van der Waals surface area contributed by atoms with Gasteiger partial charge < -0.3 is 10.0 Å². The summed E-state index contributed by atoms with van der Waals surface area (Å²) in [6, 6.07) is 10.7. The van der Waals surface area contributed by atoms with Gasteiger partial charge in [0.15, 0.2) is 0 Å². The Balaban J connectivity index is 1.90. The van der Waals surface area contributed by atoms with E-state index in [9.17, 15) is 10.4 Å². The van der Waals surface area contributed by atoms with E-state index in [0.717, 1.165) is 44.5 Å². The molecule has 0 aromatic heterocycles. The highest BCUT2D eigenvalue weighted by Crippen LogP contribution is 2.49. The zero-order chi connectivity index (χ0) is 14.9. The molecule has 0 radical (unpaired) electrons. The third-order valence-corrected chi connectivity index (χ3v) is 5.45. The Morgan fingerprint density at radius 2 is 1.95 bits per heavy atom. The van der Waals surface area contributed by atoms with Crippen LogP contribution >= 0.6 is 0 Å². The summed E-state index contributed by atoms with van der Waals surface area (Å²) >= 11 is 0. The van der Waals surface area contributed by atoms with Gasteiger partial charge in [0.2, 0.25) is 0 Å². The summed E-state index contributed by atoms with van der Waals surface area (Å²) in [5, 5.41) is 21.2. The number of benzene rings is 1. The van der Waals surface area contributed by atoms with E-state index in [4.69, 9.17) is 0 Å². The van der Waals surface area contributed by atoms with Crippen LogP contribution in [-0.4, -0.2) is 35.2 Å². The lowest BCUT2D eigenvalue weighted by Gasteiger charge is -2.46. The number of aryl methyl sites for hydroxylation is 1. The Hall–Kier alpha value is -1.37. The van der Waals surface area contributed by atoms with E-state index in [2.05, 4.69) is 24.0 Å². The van der Waals surface area contributed by atoms with E-state index in [1.54, 1.807) is 0 Å². The van der Waals surface area contributed by atoms with Crippen molar-refractivity contribution in [3.05, 3.63) is 35.4 Å². The van der Waals surface area contributed by atoms with Gasteiger partial charge in [-0.05, 0) is 49.8 Å². The van der Waals surface area contributed by atoms with Gasteiger partial charge in [-0.15, -0.1) is 0 Å². The van der Waals surface area contributed by atoms with Gasteiger partial charge in [-0.1, -0.05) is 31.2 Å². The number of fused-ring (bicyclic) bond motifs is 1. The summed E-state index contributed by atoms with van der Waals surface area (Å²) in [5.74, 6) is 0. The van der Waals surface area contributed by atoms with Crippen LogP contribution in [0.1, 0.15) is 43.7 Å². The van der Waals surface area contributed by atoms with Crippen molar-refractivity contribution >= 4 is 0 Å². The first-order valence-corrected chi connectivity index (χ1v) is 8.09. The molecule has 1 aliphatic carbocycles. The molecule has 1 aromatic carbocycles. The zero-order valence-corrected chi connectivity index (χ0v) is 12.8. The van der Waals surface area contributed by atoms with Crippen LogP contribution in [0.4, 0.5) is 0 Å². The number of aliphatic hydroxyl groups is 1. The van der Waals surface area contributed by atoms with Crippen molar-refractivity contribution in [2.45, 2.75) is 50.0 Å². The van der Waals surface area contributed by atoms with Crippen molar-refractivity contribution in [3.8, 4) is 6.07 Å². The molecule has 1 atom stereocenters. The Kier molecular flexibility index (Phi) is 3.77. The van der Waals surface area contributed by atoms with E-state index in [0.29, 0.717) is 12.8 Å². The summed E-state index contributed by atoms with van der Waals surface area (Å²) in [4.78, 5) is 2.40. The number of hydrogen-bond donors (Lipinski definition) is 1. The molecule has 0 spiro atoms. The van der Waals surface area contributed by atoms with Crippen LogP contribution in [-0.2, 0) is 11.8 Å². The molecule has 1 aromatic rings. The Morgan fingerprint density at radius 1 is 1.24 bits per heavy atom. The smallest absolute Gasteiger partial charge is 0.111 e. The molecule has 3 heteroatoms. The van der Waals surface area contributed by atoms with E-state index >= 15 is 0 Å². The molecule has 3 nitrogen and oxygen atoms in total. The average Bonchev–Trinajstić information content (AvgIpc) is 2.90. The van der Waals surface area contributed by atoms with E-state index in [-0.39, 0.29) is 0 Å². The van der Waals surface area contributed by atoms with Crippen LogP contribution in [0.15, 0.2) is 24.3 Å². The number of piperidine rings is 1. The fourth-order valence-corrected chi connectivity index (χ4v) is 4.20. The highest BCUT2D eigenvalue weighted by atomic mass is 16.3. The molecule has 1 fully saturated rings. The maximum absolute atomic E-state index is 11.3. The van der Waals surface area contributed by atoms with Crippen molar-refractivity contribution in [1.82, 2.24) is 4.90 Å². The highest BCUT2D eigenvalue weighted by Gasteiger charge is 2.55. The normalized spacial score (nSPS) is 28.0. The summed E-state index contributed by atoms with van der Waals surface area (Å²) in [5.41, 5.74) is 0.725. The van der Waals surface area contributed by atoms with Gasteiger partial charge in [-0.2, -0.15) is 5.26 Å². The van der Waals surface area contributed by atoms with E-state index in [1.165, 1.54) is 5.56 Å². The molecule has 1 aliphatic heterocycles.